The molecule has 22 heavy (non-hydrogen) atoms. The van der Waals surface area contributed by atoms with Gasteiger partial charge >= 0.3 is 0 Å². The van der Waals surface area contributed by atoms with Gasteiger partial charge in [0.25, 0.3) is 0 Å². The number of hydrogen-bond donors (Lipinski definition) is 2. The lowest BCUT2D eigenvalue weighted by atomic mass is 10.2. The molecule has 0 saturated carbocycles. The Bertz CT molecular complexity index is 630. The molecule has 0 unspecified atom stereocenters. The third kappa shape index (κ3) is 4.98. The predicted octanol–water partition coefficient (Wildman–Crippen LogP) is 3.83. The number of ether oxygens (including phenoxy) is 1. The maximum atomic E-state index is 11.8. The highest BCUT2D eigenvalue weighted by molar-refractivity contribution is 6.01. The number of hydrogen-bond acceptors (Lipinski definition) is 3. The van der Waals surface area contributed by atoms with Crippen LogP contribution in [0.2, 0.25) is 0 Å². The Balaban J connectivity index is 1.90. The van der Waals surface area contributed by atoms with Gasteiger partial charge in [0.15, 0.2) is 0 Å². The molecule has 0 aliphatic carbocycles. The van der Waals surface area contributed by atoms with E-state index in [-0.39, 0.29) is 11.7 Å². The van der Waals surface area contributed by atoms with Crippen molar-refractivity contribution in [2.24, 2.45) is 0 Å². The highest BCUT2D eigenvalue weighted by Crippen LogP contribution is 2.15. The summed E-state index contributed by atoms with van der Waals surface area (Å²) >= 11 is 0. The second-order valence-electron chi connectivity index (χ2n) is 4.79. The van der Waals surface area contributed by atoms with Crippen LogP contribution in [0.15, 0.2) is 54.6 Å². The zero-order chi connectivity index (χ0) is 15.8. The van der Waals surface area contributed by atoms with Crippen molar-refractivity contribution in [1.82, 2.24) is 0 Å². The average Bonchev–Trinajstić information content (AvgIpc) is 2.54. The second kappa shape index (κ2) is 7.88. The molecular weight excluding hydrogens is 278 g/mol. The summed E-state index contributed by atoms with van der Waals surface area (Å²) in [5.41, 5.74) is 1.56. The van der Waals surface area contributed by atoms with Gasteiger partial charge in [-0.1, -0.05) is 19.1 Å². The summed E-state index contributed by atoms with van der Waals surface area (Å²) in [5, 5.41) is 11.9. The van der Waals surface area contributed by atoms with Crippen molar-refractivity contribution in [1.29, 1.82) is 0 Å². The predicted molar refractivity (Wildman–Crippen MR) is 88.0 cm³/mol. The Labute approximate surface area is 130 Å². The lowest BCUT2D eigenvalue weighted by Gasteiger charge is -2.04. The van der Waals surface area contributed by atoms with Crippen molar-refractivity contribution in [3.05, 3.63) is 60.2 Å². The van der Waals surface area contributed by atoms with Crippen LogP contribution in [0.1, 0.15) is 18.9 Å². The molecule has 2 rings (SSSR count). The molecule has 0 saturated heterocycles. The van der Waals surface area contributed by atoms with Crippen LogP contribution in [0, 0.1) is 0 Å². The highest BCUT2D eigenvalue weighted by Gasteiger charge is 1.98. The van der Waals surface area contributed by atoms with E-state index >= 15 is 0 Å². The Hall–Kier alpha value is -2.75. The first-order valence-corrected chi connectivity index (χ1v) is 7.18. The molecule has 0 aromatic heterocycles. The first kappa shape index (κ1) is 15.6. The minimum absolute atomic E-state index is 0.166. The second-order valence-corrected chi connectivity index (χ2v) is 4.79. The lowest BCUT2D eigenvalue weighted by molar-refractivity contribution is -0.111. The zero-order valence-corrected chi connectivity index (χ0v) is 12.5. The van der Waals surface area contributed by atoms with E-state index in [1.54, 1.807) is 18.2 Å². The van der Waals surface area contributed by atoms with E-state index in [0.717, 1.165) is 17.7 Å². The Morgan fingerprint density at radius 3 is 2.45 bits per heavy atom. The number of benzene rings is 2. The van der Waals surface area contributed by atoms with Crippen molar-refractivity contribution < 1.29 is 14.6 Å². The fourth-order valence-corrected chi connectivity index (χ4v) is 1.80. The van der Waals surface area contributed by atoms with Gasteiger partial charge in [-0.3, -0.25) is 4.79 Å². The number of nitrogens with one attached hydrogen (secondary N) is 1. The van der Waals surface area contributed by atoms with E-state index in [9.17, 15) is 9.90 Å². The quantitative estimate of drug-likeness (QED) is 0.629. The monoisotopic (exact) mass is 297 g/mol. The first-order chi connectivity index (χ1) is 10.7. The van der Waals surface area contributed by atoms with Crippen LogP contribution >= 0.6 is 0 Å². The van der Waals surface area contributed by atoms with E-state index in [2.05, 4.69) is 12.2 Å². The number of phenolic OH excluding ortho intramolecular Hbond substituents is 1. The Morgan fingerprint density at radius 1 is 1.14 bits per heavy atom. The van der Waals surface area contributed by atoms with Gasteiger partial charge in [-0.05, 0) is 54.5 Å². The molecule has 4 heteroatoms. The van der Waals surface area contributed by atoms with Crippen LogP contribution in [0.5, 0.6) is 11.5 Å². The molecule has 2 N–H and O–H groups in total. The van der Waals surface area contributed by atoms with Gasteiger partial charge in [0.1, 0.15) is 11.5 Å². The number of carbonyl (C=O) groups is 1. The maximum absolute atomic E-state index is 11.8. The Kier molecular flexibility index (Phi) is 5.60. The molecule has 0 fully saturated rings. The summed E-state index contributed by atoms with van der Waals surface area (Å²) < 4.78 is 5.50. The van der Waals surface area contributed by atoms with Gasteiger partial charge in [0.2, 0.25) is 5.91 Å². The summed E-state index contributed by atoms with van der Waals surface area (Å²) in [6.07, 6.45) is 4.17. The third-order valence-corrected chi connectivity index (χ3v) is 2.91. The van der Waals surface area contributed by atoms with Gasteiger partial charge in [0, 0.05) is 11.8 Å². The largest absolute Gasteiger partial charge is 0.508 e. The SMILES string of the molecule is CCCOc1ccc(/C=C/C(=O)Nc2ccc(O)cc2)cc1. The Morgan fingerprint density at radius 2 is 1.82 bits per heavy atom. The fourth-order valence-electron chi connectivity index (χ4n) is 1.80. The summed E-state index contributed by atoms with van der Waals surface area (Å²) in [7, 11) is 0. The zero-order valence-electron chi connectivity index (χ0n) is 12.5. The van der Waals surface area contributed by atoms with Gasteiger partial charge in [-0.25, -0.2) is 0 Å². The van der Waals surface area contributed by atoms with Crippen molar-refractivity contribution in [2.75, 3.05) is 11.9 Å². The van der Waals surface area contributed by atoms with Crippen LogP contribution in [-0.4, -0.2) is 17.6 Å². The molecule has 0 aliphatic heterocycles. The molecule has 2 aromatic rings. The molecule has 114 valence electrons. The van der Waals surface area contributed by atoms with E-state index in [0.29, 0.717) is 12.3 Å². The summed E-state index contributed by atoms with van der Waals surface area (Å²) in [5.74, 6) is 0.767. The molecule has 0 atom stereocenters. The molecule has 4 nitrogen and oxygen atoms in total. The standard InChI is InChI=1S/C18H19NO3/c1-2-13-22-17-10-3-14(4-11-17)5-12-18(21)19-15-6-8-16(20)9-7-15/h3-12,20H,2,13H2,1H3,(H,19,21)/b12-5+. The van der Waals surface area contributed by atoms with Crippen LogP contribution in [0.4, 0.5) is 5.69 Å². The summed E-state index contributed by atoms with van der Waals surface area (Å²) in [6, 6.07) is 13.9. The number of phenols is 1. The number of amides is 1. The molecule has 0 radical (unpaired) electrons. The number of anilines is 1. The van der Waals surface area contributed by atoms with Gasteiger partial charge in [-0.2, -0.15) is 0 Å². The third-order valence-electron chi connectivity index (χ3n) is 2.91. The van der Waals surface area contributed by atoms with Crippen molar-refractivity contribution in [3.8, 4) is 11.5 Å². The smallest absolute Gasteiger partial charge is 0.248 e. The number of aromatic hydroxyl groups is 1. The molecular formula is C18H19NO3. The van der Waals surface area contributed by atoms with Crippen molar-refractivity contribution >= 4 is 17.7 Å². The van der Waals surface area contributed by atoms with E-state index < -0.39 is 0 Å². The van der Waals surface area contributed by atoms with Crippen LogP contribution in [-0.2, 0) is 4.79 Å². The van der Waals surface area contributed by atoms with E-state index in [4.69, 9.17) is 4.74 Å². The van der Waals surface area contributed by atoms with E-state index in [1.807, 2.05) is 24.3 Å². The van der Waals surface area contributed by atoms with Crippen LogP contribution < -0.4 is 10.1 Å². The normalized spacial score (nSPS) is 10.6. The van der Waals surface area contributed by atoms with Gasteiger partial charge in [-0.15, -0.1) is 0 Å². The number of rotatable bonds is 6. The molecule has 0 aliphatic rings. The summed E-state index contributed by atoms with van der Waals surface area (Å²) in [4.78, 5) is 11.8. The molecule has 0 bridgehead atoms. The highest BCUT2D eigenvalue weighted by atomic mass is 16.5. The van der Waals surface area contributed by atoms with Crippen molar-refractivity contribution in [2.45, 2.75) is 13.3 Å². The molecule has 2 aromatic carbocycles. The average molecular weight is 297 g/mol. The molecule has 0 spiro atoms. The topological polar surface area (TPSA) is 58.6 Å². The fraction of sp³-hybridized carbons (Fsp3) is 0.167. The lowest BCUT2D eigenvalue weighted by Crippen LogP contribution is -2.07. The van der Waals surface area contributed by atoms with Crippen LogP contribution in [0.3, 0.4) is 0 Å². The summed E-state index contributed by atoms with van der Waals surface area (Å²) in [6.45, 7) is 2.76. The number of carbonyl (C=O) groups excluding carboxylic acids is 1. The van der Waals surface area contributed by atoms with Gasteiger partial charge < -0.3 is 15.2 Å². The van der Waals surface area contributed by atoms with Crippen molar-refractivity contribution in [3.63, 3.8) is 0 Å². The first-order valence-electron chi connectivity index (χ1n) is 7.18. The van der Waals surface area contributed by atoms with E-state index in [1.165, 1.54) is 18.2 Å². The minimum Gasteiger partial charge on any atom is -0.508 e. The molecule has 0 heterocycles. The maximum Gasteiger partial charge on any atom is 0.248 e. The molecule has 1 amide bonds. The minimum atomic E-state index is -0.225. The van der Waals surface area contributed by atoms with Gasteiger partial charge in [0.05, 0.1) is 6.61 Å². The van der Waals surface area contributed by atoms with Crippen LogP contribution in [0.25, 0.3) is 6.08 Å².